The average Bonchev–Trinajstić information content (AvgIpc) is 2.76. The Bertz CT molecular complexity index is 804. The number of ether oxygens (including phenoxy) is 1. The third-order valence-electron chi connectivity index (χ3n) is 5.83. The van der Waals surface area contributed by atoms with Crippen LogP contribution in [0.3, 0.4) is 0 Å². The Labute approximate surface area is 171 Å². The summed E-state index contributed by atoms with van der Waals surface area (Å²) in [5.41, 5.74) is 2.02. The summed E-state index contributed by atoms with van der Waals surface area (Å²) in [6, 6.07) is 4.02. The highest BCUT2D eigenvalue weighted by Crippen LogP contribution is 2.32. The number of nitrogens with one attached hydrogen (secondary N) is 3. The van der Waals surface area contributed by atoms with E-state index in [1.807, 2.05) is 18.3 Å². The molecule has 0 atom stereocenters. The van der Waals surface area contributed by atoms with Crippen molar-refractivity contribution in [2.75, 3.05) is 30.8 Å². The Balaban J connectivity index is 1.56. The summed E-state index contributed by atoms with van der Waals surface area (Å²) < 4.78 is 5.19. The van der Waals surface area contributed by atoms with Crippen molar-refractivity contribution in [3.63, 3.8) is 0 Å². The third kappa shape index (κ3) is 5.13. The number of anilines is 3. The molecule has 0 radical (unpaired) electrons. The SMILES string of the molecule is COc1cc(Nc2ncc(C3CCNCC3)c(N[C@H]3CC[C@H](O)CC3)n2)ccn1. The van der Waals surface area contributed by atoms with Crippen LogP contribution in [0.1, 0.15) is 50.0 Å². The van der Waals surface area contributed by atoms with Gasteiger partial charge in [0.1, 0.15) is 5.82 Å². The largest absolute Gasteiger partial charge is 0.481 e. The predicted octanol–water partition coefficient (Wildman–Crippen LogP) is 2.81. The quantitative estimate of drug-likeness (QED) is 0.589. The number of hydrogen-bond acceptors (Lipinski definition) is 8. The van der Waals surface area contributed by atoms with E-state index in [9.17, 15) is 5.11 Å². The molecule has 3 heterocycles. The summed E-state index contributed by atoms with van der Waals surface area (Å²) in [4.78, 5) is 13.6. The number of hydrogen-bond donors (Lipinski definition) is 4. The van der Waals surface area contributed by atoms with E-state index < -0.39 is 0 Å². The van der Waals surface area contributed by atoms with Crippen molar-refractivity contribution in [2.45, 2.75) is 56.6 Å². The number of pyridine rings is 1. The van der Waals surface area contributed by atoms with Crippen molar-refractivity contribution in [3.05, 3.63) is 30.1 Å². The number of aromatic nitrogens is 3. The molecule has 2 aliphatic rings. The number of nitrogens with zero attached hydrogens (tertiary/aromatic N) is 3. The van der Waals surface area contributed by atoms with Gasteiger partial charge in [-0.3, -0.25) is 0 Å². The lowest BCUT2D eigenvalue weighted by molar-refractivity contribution is 0.126. The molecule has 1 aliphatic heterocycles. The third-order valence-corrected chi connectivity index (χ3v) is 5.83. The zero-order chi connectivity index (χ0) is 20.1. The van der Waals surface area contributed by atoms with Crippen LogP contribution < -0.4 is 20.7 Å². The van der Waals surface area contributed by atoms with Crippen molar-refractivity contribution in [1.82, 2.24) is 20.3 Å². The lowest BCUT2D eigenvalue weighted by Gasteiger charge is -2.29. The second kappa shape index (κ2) is 9.37. The van der Waals surface area contributed by atoms with Gasteiger partial charge in [0.15, 0.2) is 0 Å². The van der Waals surface area contributed by atoms with Gasteiger partial charge in [0.2, 0.25) is 11.8 Å². The molecule has 2 aromatic rings. The van der Waals surface area contributed by atoms with Crippen LogP contribution in [0.5, 0.6) is 5.88 Å². The standard InChI is InChI=1S/C21H30N6O2/c1-29-19-12-16(8-11-23-19)26-21-24-13-18(14-6-9-22-10-7-14)20(27-21)25-15-2-4-17(28)5-3-15/h8,11-15,17,22,28H,2-7,9-10H2,1H3,(H2,23,24,25,26,27)/t15-,17-. The Morgan fingerprint density at radius 2 is 1.90 bits per heavy atom. The van der Waals surface area contributed by atoms with E-state index in [1.165, 1.54) is 5.56 Å². The van der Waals surface area contributed by atoms with Crippen LogP contribution in [0, 0.1) is 0 Å². The molecule has 0 aromatic carbocycles. The van der Waals surface area contributed by atoms with E-state index >= 15 is 0 Å². The number of aliphatic hydroxyl groups is 1. The molecule has 8 nitrogen and oxygen atoms in total. The van der Waals surface area contributed by atoms with E-state index in [4.69, 9.17) is 9.72 Å². The fourth-order valence-corrected chi connectivity index (χ4v) is 4.14. The van der Waals surface area contributed by atoms with Gasteiger partial charge in [-0.2, -0.15) is 4.98 Å². The van der Waals surface area contributed by atoms with Crippen LogP contribution in [0.25, 0.3) is 0 Å². The molecule has 8 heteroatoms. The molecular weight excluding hydrogens is 368 g/mol. The molecule has 4 rings (SSSR count). The minimum Gasteiger partial charge on any atom is -0.481 e. The second-order valence-corrected chi connectivity index (χ2v) is 7.88. The Hall–Kier alpha value is -2.45. The van der Waals surface area contributed by atoms with Crippen molar-refractivity contribution in [2.24, 2.45) is 0 Å². The molecule has 1 saturated heterocycles. The molecule has 0 bridgehead atoms. The van der Waals surface area contributed by atoms with Crippen LogP contribution in [0.15, 0.2) is 24.5 Å². The van der Waals surface area contributed by atoms with Crippen LogP contribution >= 0.6 is 0 Å². The van der Waals surface area contributed by atoms with Gasteiger partial charge in [0, 0.05) is 35.8 Å². The van der Waals surface area contributed by atoms with Gasteiger partial charge < -0.3 is 25.8 Å². The van der Waals surface area contributed by atoms with E-state index in [2.05, 4.69) is 25.9 Å². The van der Waals surface area contributed by atoms with Gasteiger partial charge in [-0.25, -0.2) is 9.97 Å². The first-order valence-corrected chi connectivity index (χ1v) is 10.5. The van der Waals surface area contributed by atoms with Crippen molar-refractivity contribution < 1.29 is 9.84 Å². The number of methoxy groups -OCH3 is 1. The van der Waals surface area contributed by atoms with Crippen molar-refractivity contribution in [1.29, 1.82) is 0 Å². The molecule has 0 unspecified atom stereocenters. The summed E-state index contributed by atoms with van der Waals surface area (Å²) in [6.45, 7) is 2.05. The summed E-state index contributed by atoms with van der Waals surface area (Å²) in [5, 5.41) is 20.2. The van der Waals surface area contributed by atoms with Crippen LogP contribution in [-0.2, 0) is 0 Å². The van der Waals surface area contributed by atoms with Crippen molar-refractivity contribution >= 4 is 17.5 Å². The van der Waals surface area contributed by atoms with E-state index in [0.717, 1.165) is 63.1 Å². The van der Waals surface area contributed by atoms with Crippen LogP contribution in [0.4, 0.5) is 17.5 Å². The first-order valence-electron chi connectivity index (χ1n) is 10.5. The molecule has 0 spiro atoms. The van der Waals surface area contributed by atoms with Crippen LogP contribution in [0.2, 0.25) is 0 Å². The minimum absolute atomic E-state index is 0.166. The Morgan fingerprint density at radius 1 is 1.10 bits per heavy atom. The molecule has 0 amide bonds. The fourth-order valence-electron chi connectivity index (χ4n) is 4.14. The van der Waals surface area contributed by atoms with Gasteiger partial charge in [-0.15, -0.1) is 0 Å². The maximum atomic E-state index is 9.82. The summed E-state index contributed by atoms with van der Waals surface area (Å²) >= 11 is 0. The zero-order valence-electron chi connectivity index (χ0n) is 16.9. The maximum absolute atomic E-state index is 9.82. The van der Waals surface area contributed by atoms with Gasteiger partial charge in [-0.1, -0.05) is 0 Å². The molecule has 4 N–H and O–H groups in total. The maximum Gasteiger partial charge on any atom is 0.229 e. The molecule has 2 fully saturated rings. The summed E-state index contributed by atoms with van der Waals surface area (Å²) in [7, 11) is 1.60. The Kier molecular flexibility index (Phi) is 6.41. The predicted molar refractivity (Wildman–Crippen MR) is 113 cm³/mol. The summed E-state index contributed by atoms with van der Waals surface area (Å²) in [5.74, 6) is 2.47. The smallest absolute Gasteiger partial charge is 0.229 e. The monoisotopic (exact) mass is 398 g/mol. The average molecular weight is 399 g/mol. The highest BCUT2D eigenvalue weighted by molar-refractivity contribution is 5.57. The first kappa shape index (κ1) is 19.8. The molecular formula is C21H30N6O2. The number of piperidine rings is 1. The molecule has 2 aromatic heterocycles. The van der Waals surface area contributed by atoms with Gasteiger partial charge in [0.05, 0.1) is 13.2 Å². The zero-order valence-corrected chi connectivity index (χ0v) is 16.9. The van der Waals surface area contributed by atoms with Gasteiger partial charge in [-0.05, 0) is 63.6 Å². The topological polar surface area (TPSA) is 104 Å². The number of rotatable bonds is 6. The molecule has 1 saturated carbocycles. The highest BCUT2D eigenvalue weighted by atomic mass is 16.5. The Morgan fingerprint density at radius 3 is 2.66 bits per heavy atom. The van der Waals surface area contributed by atoms with Gasteiger partial charge >= 0.3 is 0 Å². The van der Waals surface area contributed by atoms with E-state index in [1.54, 1.807) is 13.3 Å². The minimum atomic E-state index is -0.166. The number of aliphatic hydroxyl groups excluding tert-OH is 1. The van der Waals surface area contributed by atoms with E-state index in [0.29, 0.717) is 23.8 Å². The fraction of sp³-hybridized carbons (Fsp3) is 0.571. The normalized spacial score (nSPS) is 22.8. The molecule has 29 heavy (non-hydrogen) atoms. The van der Waals surface area contributed by atoms with Gasteiger partial charge in [0.25, 0.3) is 0 Å². The molecule has 1 aliphatic carbocycles. The first-order chi connectivity index (χ1) is 14.2. The molecule has 156 valence electrons. The second-order valence-electron chi connectivity index (χ2n) is 7.88. The lowest BCUT2D eigenvalue weighted by Crippen LogP contribution is -2.30. The van der Waals surface area contributed by atoms with Crippen LogP contribution in [-0.4, -0.2) is 52.4 Å². The van der Waals surface area contributed by atoms with E-state index in [-0.39, 0.29) is 6.10 Å². The van der Waals surface area contributed by atoms with Crippen molar-refractivity contribution in [3.8, 4) is 5.88 Å². The summed E-state index contributed by atoms with van der Waals surface area (Å²) in [6.07, 6.45) is 9.27. The highest BCUT2D eigenvalue weighted by Gasteiger charge is 2.24. The lowest BCUT2D eigenvalue weighted by atomic mass is 9.90.